The van der Waals surface area contributed by atoms with Gasteiger partial charge in [0.2, 0.25) is 5.91 Å². The minimum Gasteiger partial charge on any atom is -0.497 e. The number of para-hydroxylation sites is 2. The number of methoxy groups -OCH3 is 1. The number of aromatic nitrogens is 2. The number of benzene rings is 3. The van der Waals surface area contributed by atoms with E-state index in [4.69, 9.17) is 9.72 Å². The molecule has 0 unspecified atom stereocenters. The molecule has 0 fully saturated rings. The molecular weight excluding hydrogens is 362 g/mol. The molecule has 0 N–H and O–H groups in total. The van der Waals surface area contributed by atoms with E-state index < -0.39 is 0 Å². The molecule has 0 aliphatic rings. The Labute approximate surface area is 170 Å². The van der Waals surface area contributed by atoms with Crippen molar-refractivity contribution in [2.24, 2.45) is 0 Å². The van der Waals surface area contributed by atoms with E-state index in [1.54, 1.807) is 12.0 Å². The van der Waals surface area contributed by atoms with Crippen molar-refractivity contribution in [1.82, 2.24) is 14.5 Å². The third-order valence-corrected chi connectivity index (χ3v) is 4.98. The normalized spacial score (nSPS) is 10.8. The quantitative estimate of drug-likeness (QED) is 0.495. The zero-order valence-electron chi connectivity index (χ0n) is 16.6. The second-order valence-corrected chi connectivity index (χ2v) is 6.97. The van der Waals surface area contributed by atoms with Gasteiger partial charge >= 0.3 is 0 Å². The Balaban J connectivity index is 1.65. The summed E-state index contributed by atoms with van der Waals surface area (Å²) < 4.78 is 7.25. The summed E-state index contributed by atoms with van der Waals surface area (Å²) in [5.41, 5.74) is 3.87. The van der Waals surface area contributed by atoms with Crippen LogP contribution in [0.5, 0.6) is 5.75 Å². The molecule has 0 saturated heterocycles. The summed E-state index contributed by atoms with van der Waals surface area (Å²) in [6.07, 6.45) is 0. The molecule has 4 rings (SSSR count). The highest BCUT2D eigenvalue weighted by molar-refractivity contribution is 5.84. The molecule has 1 heterocycles. The van der Waals surface area contributed by atoms with Crippen LogP contribution in [-0.2, 0) is 17.9 Å². The lowest BCUT2D eigenvalue weighted by Crippen LogP contribution is -2.30. The van der Waals surface area contributed by atoms with Crippen LogP contribution in [0.3, 0.4) is 0 Å². The van der Waals surface area contributed by atoms with Crippen LogP contribution in [0.15, 0.2) is 78.9 Å². The highest BCUT2D eigenvalue weighted by Gasteiger charge is 2.17. The van der Waals surface area contributed by atoms with Gasteiger partial charge in [-0.1, -0.05) is 42.5 Å². The van der Waals surface area contributed by atoms with Crippen LogP contribution in [0.4, 0.5) is 0 Å². The SMILES string of the molecule is COc1ccc(-c2nc3ccccc3n2CC(=O)N(C)Cc2ccccc2)cc1. The van der Waals surface area contributed by atoms with Crippen molar-refractivity contribution < 1.29 is 9.53 Å². The van der Waals surface area contributed by atoms with Gasteiger partial charge in [0, 0.05) is 19.2 Å². The van der Waals surface area contributed by atoms with Gasteiger partial charge in [-0.2, -0.15) is 0 Å². The van der Waals surface area contributed by atoms with Gasteiger partial charge in [-0.25, -0.2) is 4.98 Å². The van der Waals surface area contributed by atoms with Gasteiger partial charge in [-0.3, -0.25) is 4.79 Å². The Kier molecular flexibility index (Phi) is 5.29. The minimum atomic E-state index is 0.0340. The van der Waals surface area contributed by atoms with Gasteiger partial charge < -0.3 is 14.2 Å². The van der Waals surface area contributed by atoms with Gasteiger partial charge in [0.05, 0.1) is 18.1 Å². The average molecular weight is 385 g/mol. The lowest BCUT2D eigenvalue weighted by Gasteiger charge is -2.19. The minimum absolute atomic E-state index is 0.0340. The number of hydrogen-bond acceptors (Lipinski definition) is 3. The van der Waals surface area contributed by atoms with Gasteiger partial charge in [-0.15, -0.1) is 0 Å². The smallest absolute Gasteiger partial charge is 0.242 e. The molecule has 3 aromatic carbocycles. The molecule has 0 radical (unpaired) electrons. The second kappa shape index (κ2) is 8.19. The predicted molar refractivity (Wildman–Crippen MR) is 115 cm³/mol. The topological polar surface area (TPSA) is 47.4 Å². The van der Waals surface area contributed by atoms with E-state index >= 15 is 0 Å². The van der Waals surface area contributed by atoms with Crippen molar-refractivity contribution in [3.05, 3.63) is 84.4 Å². The van der Waals surface area contributed by atoms with Crippen LogP contribution in [0, 0.1) is 0 Å². The van der Waals surface area contributed by atoms with Crippen molar-refractivity contribution >= 4 is 16.9 Å². The molecule has 1 amide bonds. The van der Waals surface area contributed by atoms with E-state index in [9.17, 15) is 4.79 Å². The largest absolute Gasteiger partial charge is 0.497 e. The molecule has 1 aromatic heterocycles. The van der Waals surface area contributed by atoms with Crippen molar-refractivity contribution in [3.63, 3.8) is 0 Å². The zero-order chi connectivity index (χ0) is 20.2. The first-order chi connectivity index (χ1) is 14.2. The molecule has 146 valence electrons. The third-order valence-electron chi connectivity index (χ3n) is 4.98. The first-order valence-electron chi connectivity index (χ1n) is 9.53. The molecule has 0 aliphatic carbocycles. The van der Waals surface area contributed by atoms with Crippen LogP contribution in [-0.4, -0.2) is 34.5 Å². The van der Waals surface area contributed by atoms with Crippen LogP contribution < -0.4 is 4.74 Å². The molecule has 0 atom stereocenters. The Bertz CT molecular complexity index is 1120. The van der Waals surface area contributed by atoms with Gasteiger partial charge in [0.15, 0.2) is 0 Å². The number of hydrogen-bond donors (Lipinski definition) is 0. The maximum Gasteiger partial charge on any atom is 0.242 e. The standard InChI is InChI=1S/C24H23N3O2/c1-26(16-18-8-4-3-5-9-18)23(28)17-27-22-11-7-6-10-21(22)25-24(27)19-12-14-20(29-2)15-13-19/h3-15H,16-17H2,1-2H3. The average Bonchev–Trinajstić information content (AvgIpc) is 3.13. The van der Waals surface area contributed by atoms with E-state index in [2.05, 4.69) is 0 Å². The second-order valence-electron chi connectivity index (χ2n) is 6.97. The Morgan fingerprint density at radius 3 is 2.38 bits per heavy atom. The van der Waals surface area contributed by atoms with Gasteiger partial charge in [0.1, 0.15) is 18.1 Å². The number of imidazole rings is 1. The van der Waals surface area contributed by atoms with Crippen LogP contribution in [0.2, 0.25) is 0 Å². The Morgan fingerprint density at radius 2 is 1.66 bits per heavy atom. The maximum atomic E-state index is 13.0. The number of carbonyl (C=O) groups is 1. The zero-order valence-corrected chi connectivity index (χ0v) is 16.6. The Hall–Kier alpha value is -3.60. The fourth-order valence-corrected chi connectivity index (χ4v) is 3.40. The van der Waals surface area contributed by atoms with E-state index in [-0.39, 0.29) is 12.5 Å². The monoisotopic (exact) mass is 385 g/mol. The fraction of sp³-hybridized carbons (Fsp3) is 0.167. The van der Waals surface area contributed by atoms with Crippen LogP contribution in [0.1, 0.15) is 5.56 Å². The summed E-state index contributed by atoms with van der Waals surface area (Å²) in [5, 5.41) is 0. The third kappa shape index (κ3) is 3.99. The molecular formula is C24H23N3O2. The molecule has 5 heteroatoms. The summed E-state index contributed by atoms with van der Waals surface area (Å²) in [7, 11) is 3.48. The molecule has 0 aliphatic heterocycles. The lowest BCUT2D eigenvalue weighted by atomic mass is 10.2. The van der Waals surface area contributed by atoms with Gasteiger partial charge in [0.25, 0.3) is 0 Å². The molecule has 0 spiro atoms. The fourth-order valence-electron chi connectivity index (χ4n) is 3.40. The summed E-state index contributed by atoms with van der Waals surface area (Å²) >= 11 is 0. The first-order valence-corrected chi connectivity index (χ1v) is 9.53. The summed E-state index contributed by atoms with van der Waals surface area (Å²) in [4.78, 5) is 19.5. The summed E-state index contributed by atoms with van der Waals surface area (Å²) in [6, 6.07) is 25.6. The Morgan fingerprint density at radius 1 is 0.966 bits per heavy atom. The molecule has 5 nitrogen and oxygen atoms in total. The number of fused-ring (bicyclic) bond motifs is 1. The first kappa shape index (κ1) is 18.7. The van der Waals surface area contributed by atoms with Crippen LogP contribution >= 0.6 is 0 Å². The predicted octanol–water partition coefficient (Wildman–Crippen LogP) is 4.37. The number of carbonyl (C=O) groups excluding carboxylic acids is 1. The molecule has 0 bridgehead atoms. The summed E-state index contributed by atoms with van der Waals surface area (Å²) in [5.74, 6) is 1.59. The molecule has 4 aromatic rings. The number of rotatable bonds is 6. The van der Waals surface area contributed by atoms with Crippen LogP contribution in [0.25, 0.3) is 22.4 Å². The van der Waals surface area contributed by atoms with E-state index in [1.807, 2.05) is 90.5 Å². The van der Waals surface area contributed by atoms with Gasteiger partial charge in [-0.05, 0) is 42.0 Å². The summed E-state index contributed by atoms with van der Waals surface area (Å²) in [6.45, 7) is 0.801. The van der Waals surface area contributed by atoms with Crippen molar-refractivity contribution in [3.8, 4) is 17.1 Å². The highest BCUT2D eigenvalue weighted by atomic mass is 16.5. The molecule has 0 saturated carbocycles. The maximum absolute atomic E-state index is 13.0. The van der Waals surface area contributed by atoms with E-state index in [0.29, 0.717) is 6.54 Å². The van der Waals surface area contributed by atoms with E-state index in [1.165, 1.54) is 0 Å². The molecule has 29 heavy (non-hydrogen) atoms. The van der Waals surface area contributed by atoms with Crippen molar-refractivity contribution in [2.75, 3.05) is 14.2 Å². The highest BCUT2D eigenvalue weighted by Crippen LogP contribution is 2.26. The number of likely N-dealkylation sites (N-methyl/N-ethyl adjacent to an activating group) is 1. The lowest BCUT2D eigenvalue weighted by molar-refractivity contribution is -0.130. The number of ether oxygens (including phenoxy) is 1. The van der Waals surface area contributed by atoms with E-state index in [0.717, 1.165) is 33.7 Å². The van der Waals surface area contributed by atoms with Crippen molar-refractivity contribution in [1.29, 1.82) is 0 Å². The number of nitrogens with zero attached hydrogens (tertiary/aromatic N) is 3. The number of amides is 1. The van der Waals surface area contributed by atoms with Crippen molar-refractivity contribution in [2.45, 2.75) is 13.1 Å².